The lowest BCUT2D eigenvalue weighted by Gasteiger charge is -2.28. The molecule has 0 aromatic heterocycles. The monoisotopic (exact) mass is 516 g/mol. The van der Waals surface area contributed by atoms with E-state index in [1.165, 1.54) is 7.11 Å². The summed E-state index contributed by atoms with van der Waals surface area (Å²) in [5, 5.41) is 0. The first-order valence-corrected chi connectivity index (χ1v) is 12.0. The molecule has 0 radical (unpaired) electrons. The molecule has 0 saturated heterocycles. The van der Waals surface area contributed by atoms with Crippen molar-refractivity contribution in [2.24, 2.45) is 0 Å². The summed E-state index contributed by atoms with van der Waals surface area (Å²) < 4.78 is 39.7. The van der Waals surface area contributed by atoms with Gasteiger partial charge in [0, 0.05) is 17.0 Å². The van der Waals surface area contributed by atoms with Gasteiger partial charge in [-0.25, -0.2) is 0 Å². The molecule has 3 aliphatic rings. The Balaban J connectivity index is 1.46. The average molecular weight is 517 g/mol. The van der Waals surface area contributed by atoms with Crippen LogP contribution in [0.25, 0.3) is 6.08 Å². The van der Waals surface area contributed by atoms with Crippen LogP contribution in [0.5, 0.6) is 40.2 Å². The van der Waals surface area contributed by atoms with Crippen LogP contribution < -0.4 is 33.2 Å². The molecular formula is C29H24O9. The third-order valence-electron chi connectivity index (χ3n) is 6.75. The van der Waals surface area contributed by atoms with Gasteiger partial charge in [-0.3, -0.25) is 9.59 Å². The van der Waals surface area contributed by atoms with Gasteiger partial charge in [0.05, 0.1) is 33.3 Å². The highest BCUT2D eigenvalue weighted by atomic mass is 16.6. The highest BCUT2D eigenvalue weighted by Crippen LogP contribution is 2.51. The minimum Gasteiger partial charge on any atom is -0.493 e. The summed E-state index contributed by atoms with van der Waals surface area (Å²) in [6.45, 7) is 0.815. The van der Waals surface area contributed by atoms with Crippen LogP contribution in [0.4, 0.5) is 0 Å². The zero-order valence-electron chi connectivity index (χ0n) is 21.0. The maximum absolute atomic E-state index is 13.4. The number of benzene rings is 3. The molecule has 1 atom stereocenters. The first kappa shape index (κ1) is 23.7. The van der Waals surface area contributed by atoms with Crippen LogP contribution in [0, 0.1) is 0 Å². The van der Waals surface area contributed by atoms with Crippen LogP contribution in [0.1, 0.15) is 39.4 Å². The van der Waals surface area contributed by atoms with Crippen molar-refractivity contribution in [2.75, 3.05) is 34.5 Å². The number of carbonyl (C=O) groups is 2. The number of allylic oxidation sites excluding steroid dienone is 1. The normalized spacial score (nSPS) is 18.3. The smallest absolute Gasteiger partial charge is 0.312 e. The van der Waals surface area contributed by atoms with E-state index in [4.69, 9.17) is 33.2 Å². The highest BCUT2D eigenvalue weighted by molar-refractivity contribution is 6.15. The van der Waals surface area contributed by atoms with E-state index in [9.17, 15) is 9.59 Å². The van der Waals surface area contributed by atoms with Gasteiger partial charge in [0.25, 0.3) is 0 Å². The van der Waals surface area contributed by atoms with Gasteiger partial charge >= 0.3 is 5.97 Å². The number of methoxy groups -OCH3 is 3. The molecule has 0 amide bonds. The molecule has 0 bridgehead atoms. The zero-order valence-corrected chi connectivity index (χ0v) is 21.0. The van der Waals surface area contributed by atoms with Gasteiger partial charge in [-0.05, 0) is 42.0 Å². The second-order valence-electron chi connectivity index (χ2n) is 8.85. The summed E-state index contributed by atoms with van der Waals surface area (Å²) in [4.78, 5) is 26.0. The molecular weight excluding hydrogens is 492 g/mol. The maximum atomic E-state index is 13.4. The molecule has 194 valence electrons. The summed E-state index contributed by atoms with van der Waals surface area (Å²) in [6, 6.07) is 12.3. The molecule has 38 heavy (non-hydrogen) atoms. The van der Waals surface area contributed by atoms with Crippen molar-refractivity contribution >= 4 is 17.8 Å². The van der Waals surface area contributed by atoms with Crippen molar-refractivity contribution < 1.29 is 42.7 Å². The van der Waals surface area contributed by atoms with Gasteiger partial charge in [0.1, 0.15) is 24.7 Å². The number of ketones is 1. The quantitative estimate of drug-likeness (QED) is 0.275. The molecule has 3 aromatic rings. The van der Waals surface area contributed by atoms with Crippen LogP contribution in [-0.4, -0.2) is 46.3 Å². The molecule has 0 saturated carbocycles. The first-order chi connectivity index (χ1) is 18.5. The predicted octanol–water partition coefficient (Wildman–Crippen LogP) is 4.54. The molecule has 3 aromatic carbocycles. The SMILES string of the molecule is COc1cccc(C=C2Oc3c(ccc4c3C(c3cc(OC)c5c(c3)OCCO5)CC(=O)O4)C2=O)c1OC. The number of hydrogen-bond acceptors (Lipinski definition) is 9. The van der Waals surface area contributed by atoms with Gasteiger partial charge in [0.2, 0.25) is 11.5 Å². The molecule has 3 heterocycles. The fourth-order valence-electron chi connectivity index (χ4n) is 5.05. The van der Waals surface area contributed by atoms with Crippen molar-refractivity contribution in [2.45, 2.75) is 12.3 Å². The Morgan fingerprint density at radius 3 is 2.45 bits per heavy atom. The Hall–Kier alpha value is -4.66. The highest BCUT2D eigenvalue weighted by Gasteiger charge is 2.39. The van der Waals surface area contributed by atoms with E-state index >= 15 is 0 Å². The van der Waals surface area contributed by atoms with E-state index in [0.29, 0.717) is 70.2 Å². The van der Waals surface area contributed by atoms with E-state index in [1.807, 2.05) is 12.1 Å². The fourth-order valence-corrected chi connectivity index (χ4v) is 5.05. The number of carbonyl (C=O) groups excluding carboxylic acids is 2. The third kappa shape index (κ3) is 3.78. The molecule has 6 rings (SSSR count). The van der Waals surface area contributed by atoms with Crippen molar-refractivity contribution in [1.29, 1.82) is 0 Å². The predicted molar refractivity (Wildman–Crippen MR) is 135 cm³/mol. The maximum Gasteiger partial charge on any atom is 0.312 e. The van der Waals surface area contributed by atoms with Crippen LogP contribution in [-0.2, 0) is 4.79 Å². The van der Waals surface area contributed by atoms with E-state index in [1.54, 1.807) is 50.6 Å². The van der Waals surface area contributed by atoms with E-state index in [2.05, 4.69) is 0 Å². The number of para-hydroxylation sites is 1. The molecule has 0 spiro atoms. The molecule has 0 aliphatic carbocycles. The third-order valence-corrected chi connectivity index (χ3v) is 6.75. The van der Waals surface area contributed by atoms with Gasteiger partial charge in [0.15, 0.2) is 28.8 Å². The Kier molecular flexibility index (Phi) is 5.83. The van der Waals surface area contributed by atoms with Crippen molar-refractivity contribution in [3.05, 3.63) is 70.5 Å². The first-order valence-electron chi connectivity index (χ1n) is 12.0. The van der Waals surface area contributed by atoms with E-state index in [-0.39, 0.29) is 18.0 Å². The summed E-state index contributed by atoms with van der Waals surface area (Å²) in [5.74, 6) is 2.21. The Bertz CT molecular complexity index is 1490. The number of Topliss-reactive ketones (excluding diaryl/α,β-unsaturated/α-hetero) is 1. The van der Waals surface area contributed by atoms with Crippen molar-refractivity contribution in [3.63, 3.8) is 0 Å². The minimum absolute atomic E-state index is 0.0482. The number of ether oxygens (including phenoxy) is 7. The van der Waals surface area contributed by atoms with Crippen molar-refractivity contribution in [1.82, 2.24) is 0 Å². The molecule has 3 aliphatic heterocycles. The Labute approximate surface area is 218 Å². The standard InChI is InChI=1S/C29H24O9/c1-32-20-6-4-5-15(27(20)34-3)11-21-26(31)17-7-8-19-25(28(17)38-21)18(14-24(30)37-19)16-12-22(33-2)29-23(13-16)35-9-10-36-29/h4-8,11-13,18H,9-10,14H2,1-3H3. The lowest BCUT2D eigenvalue weighted by molar-refractivity contribution is -0.135. The summed E-state index contributed by atoms with van der Waals surface area (Å²) in [5.41, 5.74) is 2.36. The lowest BCUT2D eigenvalue weighted by Crippen LogP contribution is -2.22. The van der Waals surface area contributed by atoms with Gasteiger partial charge in [-0.2, -0.15) is 0 Å². The molecule has 1 unspecified atom stereocenters. The van der Waals surface area contributed by atoms with E-state index < -0.39 is 11.9 Å². The van der Waals surface area contributed by atoms with Gasteiger partial charge in [-0.1, -0.05) is 12.1 Å². The number of hydrogen-bond donors (Lipinski definition) is 0. The summed E-state index contributed by atoms with van der Waals surface area (Å²) >= 11 is 0. The summed E-state index contributed by atoms with van der Waals surface area (Å²) in [7, 11) is 4.62. The van der Waals surface area contributed by atoms with Crippen LogP contribution in [0.3, 0.4) is 0 Å². The van der Waals surface area contributed by atoms with Gasteiger partial charge < -0.3 is 33.2 Å². The number of rotatable bonds is 5. The number of fused-ring (bicyclic) bond motifs is 4. The van der Waals surface area contributed by atoms with Gasteiger partial charge in [-0.15, -0.1) is 0 Å². The van der Waals surface area contributed by atoms with Crippen molar-refractivity contribution in [3.8, 4) is 40.2 Å². The van der Waals surface area contributed by atoms with Crippen LogP contribution in [0.2, 0.25) is 0 Å². The molecule has 9 nitrogen and oxygen atoms in total. The summed E-state index contributed by atoms with van der Waals surface area (Å²) in [6.07, 6.45) is 1.67. The second kappa shape index (κ2) is 9.33. The molecule has 9 heteroatoms. The Morgan fingerprint density at radius 2 is 1.66 bits per heavy atom. The molecule has 0 fully saturated rings. The minimum atomic E-state index is -0.468. The Morgan fingerprint density at radius 1 is 0.842 bits per heavy atom. The fraction of sp³-hybridized carbons (Fsp3) is 0.241. The average Bonchev–Trinajstić information content (AvgIpc) is 3.26. The van der Waals surface area contributed by atoms with Crippen LogP contribution in [0.15, 0.2) is 48.2 Å². The molecule has 0 N–H and O–H groups in total. The topological polar surface area (TPSA) is 98.8 Å². The zero-order chi connectivity index (χ0) is 26.4. The lowest BCUT2D eigenvalue weighted by atomic mass is 9.84. The largest absolute Gasteiger partial charge is 0.493 e. The van der Waals surface area contributed by atoms with E-state index in [0.717, 1.165) is 5.56 Å². The second-order valence-corrected chi connectivity index (χ2v) is 8.85. The van der Waals surface area contributed by atoms with Crippen LogP contribution >= 0.6 is 0 Å². The number of esters is 1.